The molecule has 1 rings (SSSR count). The van der Waals surface area contributed by atoms with Gasteiger partial charge in [-0.25, -0.2) is 0 Å². The van der Waals surface area contributed by atoms with Crippen molar-refractivity contribution in [1.82, 2.24) is 4.90 Å². The molecule has 3 heteroatoms. The van der Waals surface area contributed by atoms with Gasteiger partial charge in [0, 0.05) is 19.6 Å². The van der Waals surface area contributed by atoms with Crippen LogP contribution in [0.15, 0.2) is 18.2 Å². The van der Waals surface area contributed by atoms with Crippen LogP contribution >= 0.6 is 0 Å². The quantitative estimate of drug-likeness (QED) is 0.684. The van der Waals surface area contributed by atoms with Gasteiger partial charge in [-0.05, 0) is 41.9 Å². The van der Waals surface area contributed by atoms with Crippen LogP contribution in [0.4, 0.5) is 0 Å². The van der Waals surface area contributed by atoms with Crippen LogP contribution in [0.1, 0.15) is 58.6 Å². The van der Waals surface area contributed by atoms with E-state index in [1.54, 1.807) is 0 Å². The van der Waals surface area contributed by atoms with Gasteiger partial charge in [-0.2, -0.15) is 0 Å². The lowest BCUT2D eigenvalue weighted by molar-refractivity contribution is 0.0597. The van der Waals surface area contributed by atoms with Crippen LogP contribution in [0.25, 0.3) is 0 Å². The zero-order valence-corrected chi connectivity index (χ0v) is 16.7. The van der Waals surface area contributed by atoms with Gasteiger partial charge in [0.25, 0.3) is 0 Å². The Bertz CT molecular complexity index is 473. The fourth-order valence-electron chi connectivity index (χ4n) is 3.04. The summed E-state index contributed by atoms with van der Waals surface area (Å²) in [6.07, 6.45) is -0.469. The van der Waals surface area contributed by atoms with Gasteiger partial charge in [-0.15, -0.1) is 0 Å². The highest BCUT2D eigenvalue weighted by Crippen LogP contribution is 2.27. The van der Waals surface area contributed by atoms with Crippen LogP contribution in [-0.2, 0) is 0 Å². The predicted octanol–water partition coefficient (Wildman–Crippen LogP) is 4.47. The first-order valence-electron chi connectivity index (χ1n) is 9.32. The van der Waals surface area contributed by atoms with Gasteiger partial charge < -0.3 is 14.7 Å². The number of rotatable bonds is 10. The van der Waals surface area contributed by atoms with Crippen molar-refractivity contribution in [2.45, 2.75) is 60.5 Å². The second-order valence-corrected chi connectivity index (χ2v) is 8.17. The van der Waals surface area contributed by atoms with Crippen molar-refractivity contribution in [1.29, 1.82) is 0 Å². The highest BCUT2D eigenvalue weighted by molar-refractivity contribution is 5.39. The molecule has 1 unspecified atom stereocenters. The maximum atomic E-state index is 10.4. The zero-order valence-electron chi connectivity index (χ0n) is 16.7. The normalized spacial score (nSPS) is 13.3. The lowest BCUT2D eigenvalue weighted by Gasteiger charge is -2.28. The SMILES string of the molecule is Cc1ccc(C(C)C)c(OCC(O)CN(CC(C)C)CC(C)C)c1. The van der Waals surface area contributed by atoms with Crippen LogP contribution < -0.4 is 4.74 Å². The smallest absolute Gasteiger partial charge is 0.123 e. The van der Waals surface area contributed by atoms with E-state index in [1.807, 2.05) is 0 Å². The summed E-state index contributed by atoms with van der Waals surface area (Å²) in [5.74, 6) is 2.52. The summed E-state index contributed by atoms with van der Waals surface area (Å²) < 4.78 is 5.98. The molecule has 0 aliphatic rings. The Kier molecular flexibility index (Phi) is 8.79. The molecular formula is C21H37NO2. The summed E-state index contributed by atoms with van der Waals surface area (Å²) in [7, 11) is 0. The summed E-state index contributed by atoms with van der Waals surface area (Å²) in [5.41, 5.74) is 2.39. The fraction of sp³-hybridized carbons (Fsp3) is 0.714. The van der Waals surface area contributed by atoms with E-state index in [2.05, 4.69) is 71.6 Å². The Morgan fingerprint density at radius 1 is 0.958 bits per heavy atom. The van der Waals surface area contributed by atoms with E-state index in [0.29, 0.717) is 30.9 Å². The van der Waals surface area contributed by atoms with Crippen LogP contribution in [0, 0.1) is 18.8 Å². The number of ether oxygens (including phenoxy) is 1. The number of aliphatic hydroxyl groups is 1. The van der Waals surface area contributed by atoms with Crippen molar-refractivity contribution in [2.24, 2.45) is 11.8 Å². The van der Waals surface area contributed by atoms with E-state index in [0.717, 1.165) is 18.8 Å². The number of aliphatic hydroxyl groups excluding tert-OH is 1. The van der Waals surface area contributed by atoms with E-state index in [4.69, 9.17) is 4.74 Å². The Morgan fingerprint density at radius 3 is 2.04 bits per heavy atom. The molecule has 24 heavy (non-hydrogen) atoms. The van der Waals surface area contributed by atoms with Gasteiger partial charge in [0.05, 0.1) is 0 Å². The Labute approximate surface area is 149 Å². The molecule has 0 amide bonds. The summed E-state index contributed by atoms with van der Waals surface area (Å²) in [5, 5.41) is 10.4. The van der Waals surface area contributed by atoms with Crippen molar-refractivity contribution >= 4 is 0 Å². The molecule has 0 saturated heterocycles. The predicted molar refractivity (Wildman–Crippen MR) is 103 cm³/mol. The molecule has 0 spiro atoms. The largest absolute Gasteiger partial charge is 0.491 e. The lowest BCUT2D eigenvalue weighted by Crippen LogP contribution is -2.39. The molecule has 0 radical (unpaired) electrons. The zero-order chi connectivity index (χ0) is 18.3. The average molecular weight is 336 g/mol. The molecule has 3 nitrogen and oxygen atoms in total. The molecular weight excluding hydrogens is 298 g/mol. The van der Waals surface area contributed by atoms with Crippen molar-refractivity contribution in [3.05, 3.63) is 29.3 Å². The summed E-state index contributed by atoms with van der Waals surface area (Å²) in [6, 6.07) is 6.32. The molecule has 1 atom stereocenters. The number of aryl methyl sites for hydroxylation is 1. The van der Waals surface area contributed by atoms with Crippen LogP contribution in [0.3, 0.4) is 0 Å². The molecule has 138 valence electrons. The highest BCUT2D eigenvalue weighted by atomic mass is 16.5. The molecule has 0 bridgehead atoms. The van der Waals surface area contributed by atoms with E-state index in [1.165, 1.54) is 11.1 Å². The van der Waals surface area contributed by atoms with Crippen molar-refractivity contribution in [2.75, 3.05) is 26.2 Å². The minimum Gasteiger partial charge on any atom is -0.491 e. The van der Waals surface area contributed by atoms with Gasteiger partial charge in [0.2, 0.25) is 0 Å². The van der Waals surface area contributed by atoms with Gasteiger partial charge in [0.15, 0.2) is 0 Å². The van der Waals surface area contributed by atoms with E-state index in [-0.39, 0.29) is 0 Å². The molecule has 0 fully saturated rings. The van der Waals surface area contributed by atoms with Crippen LogP contribution in [0.2, 0.25) is 0 Å². The molecule has 0 saturated carbocycles. The molecule has 0 aromatic heterocycles. The van der Waals surface area contributed by atoms with Crippen LogP contribution in [0.5, 0.6) is 5.75 Å². The minimum absolute atomic E-state index is 0.343. The van der Waals surface area contributed by atoms with E-state index < -0.39 is 6.10 Å². The topological polar surface area (TPSA) is 32.7 Å². The molecule has 0 heterocycles. The molecule has 1 aromatic carbocycles. The number of benzene rings is 1. The maximum Gasteiger partial charge on any atom is 0.123 e. The number of hydrogen-bond acceptors (Lipinski definition) is 3. The van der Waals surface area contributed by atoms with Gasteiger partial charge in [0.1, 0.15) is 18.5 Å². The van der Waals surface area contributed by atoms with E-state index in [9.17, 15) is 5.11 Å². The third-order valence-electron chi connectivity index (χ3n) is 3.94. The third-order valence-corrected chi connectivity index (χ3v) is 3.94. The van der Waals surface area contributed by atoms with Crippen LogP contribution in [-0.4, -0.2) is 42.4 Å². The third kappa shape index (κ3) is 7.67. The van der Waals surface area contributed by atoms with Gasteiger partial charge in [-0.3, -0.25) is 0 Å². The maximum absolute atomic E-state index is 10.4. The Balaban J connectivity index is 2.64. The molecule has 1 aromatic rings. The second-order valence-electron chi connectivity index (χ2n) is 8.17. The minimum atomic E-state index is -0.469. The van der Waals surface area contributed by atoms with Crippen molar-refractivity contribution in [3.8, 4) is 5.75 Å². The Hall–Kier alpha value is -1.06. The molecule has 0 aliphatic carbocycles. The molecule has 0 aliphatic heterocycles. The second kappa shape index (κ2) is 10.0. The molecule has 1 N–H and O–H groups in total. The van der Waals surface area contributed by atoms with Crippen molar-refractivity contribution < 1.29 is 9.84 Å². The van der Waals surface area contributed by atoms with Gasteiger partial charge >= 0.3 is 0 Å². The summed E-state index contributed by atoms with van der Waals surface area (Å²) >= 11 is 0. The fourth-order valence-corrected chi connectivity index (χ4v) is 3.04. The lowest BCUT2D eigenvalue weighted by atomic mass is 10.0. The number of nitrogens with zero attached hydrogens (tertiary/aromatic N) is 1. The first-order valence-corrected chi connectivity index (χ1v) is 9.32. The highest BCUT2D eigenvalue weighted by Gasteiger charge is 2.16. The van der Waals surface area contributed by atoms with Gasteiger partial charge in [-0.1, -0.05) is 53.7 Å². The first-order chi connectivity index (χ1) is 11.2. The standard InChI is InChI=1S/C21H37NO2/c1-15(2)11-22(12-16(3)4)13-19(23)14-24-21-10-18(7)8-9-20(21)17(5)6/h8-10,15-17,19,23H,11-14H2,1-7H3. The van der Waals surface area contributed by atoms with Crippen molar-refractivity contribution in [3.63, 3.8) is 0 Å². The summed E-state index contributed by atoms with van der Waals surface area (Å²) in [6.45, 7) is 18.3. The monoisotopic (exact) mass is 335 g/mol. The average Bonchev–Trinajstić information content (AvgIpc) is 2.43. The van der Waals surface area contributed by atoms with E-state index >= 15 is 0 Å². The first kappa shape index (κ1) is 21.0. The number of hydrogen-bond donors (Lipinski definition) is 1. The Morgan fingerprint density at radius 2 is 1.54 bits per heavy atom. The summed E-state index contributed by atoms with van der Waals surface area (Å²) in [4.78, 5) is 2.35.